The number of ether oxygens (including phenoxy) is 2. The highest BCUT2D eigenvalue weighted by Crippen LogP contribution is 2.07. The average Bonchev–Trinajstić information content (AvgIpc) is 2.01. The molecule has 0 aromatic carbocycles. The van der Waals surface area contributed by atoms with Crippen molar-refractivity contribution in [2.24, 2.45) is 0 Å². The first-order valence-corrected chi connectivity index (χ1v) is 5.18. The van der Waals surface area contributed by atoms with E-state index in [2.05, 4.69) is 0 Å². The maximum Gasteiger partial charge on any atom is 0.308 e. The van der Waals surface area contributed by atoms with E-state index in [4.69, 9.17) is 9.47 Å². The normalized spacial score (nSPS) is 13.8. The third-order valence-electron chi connectivity index (χ3n) is 1.75. The molecule has 0 aliphatic carbocycles. The van der Waals surface area contributed by atoms with E-state index < -0.39 is 0 Å². The summed E-state index contributed by atoms with van der Waals surface area (Å²) >= 11 is 0. The molecule has 1 unspecified atom stereocenters. The standard InChI is InChI=1S/C11H22O3/c1-6-9(2)14-10(12)7-8-13-11(3,4)5/h9H,6-8H2,1-5H3. The first kappa shape index (κ1) is 13.4. The summed E-state index contributed by atoms with van der Waals surface area (Å²) in [4.78, 5) is 11.2. The minimum atomic E-state index is -0.184. The lowest BCUT2D eigenvalue weighted by Crippen LogP contribution is -2.22. The molecule has 0 aromatic rings. The molecule has 0 aromatic heterocycles. The topological polar surface area (TPSA) is 35.5 Å². The summed E-state index contributed by atoms with van der Waals surface area (Å²) in [6, 6.07) is 0. The fraction of sp³-hybridized carbons (Fsp3) is 0.909. The van der Waals surface area contributed by atoms with Gasteiger partial charge >= 0.3 is 5.97 Å². The summed E-state index contributed by atoms with van der Waals surface area (Å²) < 4.78 is 10.5. The molecule has 0 saturated carbocycles. The maximum absolute atomic E-state index is 11.2. The molecule has 3 nitrogen and oxygen atoms in total. The molecule has 0 rings (SSSR count). The van der Waals surface area contributed by atoms with Gasteiger partial charge in [0.1, 0.15) is 0 Å². The molecule has 0 heterocycles. The summed E-state index contributed by atoms with van der Waals surface area (Å²) in [5.41, 5.74) is -0.184. The van der Waals surface area contributed by atoms with Crippen LogP contribution in [-0.2, 0) is 14.3 Å². The van der Waals surface area contributed by atoms with E-state index in [1.165, 1.54) is 0 Å². The molecule has 0 fully saturated rings. The van der Waals surface area contributed by atoms with E-state index in [-0.39, 0.29) is 17.7 Å². The zero-order valence-corrected chi connectivity index (χ0v) is 9.92. The number of carbonyl (C=O) groups excluding carboxylic acids is 1. The van der Waals surface area contributed by atoms with Crippen LogP contribution in [0.25, 0.3) is 0 Å². The van der Waals surface area contributed by atoms with E-state index in [9.17, 15) is 4.79 Å². The molecule has 0 aliphatic rings. The zero-order chi connectivity index (χ0) is 11.2. The lowest BCUT2D eigenvalue weighted by atomic mass is 10.2. The predicted octanol–water partition coefficient (Wildman–Crippen LogP) is 2.53. The Kier molecular flexibility index (Phi) is 5.77. The second-order valence-electron chi connectivity index (χ2n) is 4.42. The molecule has 0 aliphatic heterocycles. The predicted molar refractivity (Wildman–Crippen MR) is 56.2 cm³/mol. The molecule has 0 saturated heterocycles. The summed E-state index contributed by atoms with van der Waals surface area (Å²) in [5, 5.41) is 0. The summed E-state index contributed by atoms with van der Waals surface area (Å²) in [6.07, 6.45) is 1.20. The van der Waals surface area contributed by atoms with E-state index in [1.807, 2.05) is 34.6 Å². The van der Waals surface area contributed by atoms with Gasteiger partial charge in [-0.25, -0.2) is 0 Å². The third kappa shape index (κ3) is 8.05. The highest BCUT2D eigenvalue weighted by molar-refractivity contribution is 5.69. The van der Waals surface area contributed by atoms with Crippen LogP contribution in [0, 0.1) is 0 Å². The van der Waals surface area contributed by atoms with Gasteiger partial charge in [-0.1, -0.05) is 6.92 Å². The molecule has 84 valence electrons. The number of rotatable bonds is 5. The Morgan fingerprint density at radius 2 is 1.93 bits per heavy atom. The van der Waals surface area contributed by atoms with Crippen molar-refractivity contribution in [1.82, 2.24) is 0 Å². The Bertz CT molecular complexity index is 170. The summed E-state index contributed by atoms with van der Waals surface area (Å²) in [5.74, 6) is -0.177. The average molecular weight is 202 g/mol. The van der Waals surface area contributed by atoms with Crippen LogP contribution in [0.4, 0.5) is 0 Å². The summed E-state index contributed by atoms with van der Waals surface area (Å²) in [7, 11) is 0. The van der Waals surface area contributed by atoms with Crippen molar-refractivity contribution in [3.8, 4) is 0 Å². The second kappa shape index (κ2) is 6.02. The molecule has 0 radical (unpaired) electrons. The Hall–Kier alpha value is -0.570. The Morgan fingerprint density at radius 1 is 1.36 bits per heavy atom. The van der Waals surface area contributed by atoms with Crippen molar-refractivity contribution in [2.75, 3.05) is 6.61 Å². The van der Waals surface area contributed by atoms with Gasteiger partial charge in [-0.15, -0.1) is 0 Å². The largest absolute Gasteiger partial charge is 0.463 e. The Labute approximate surface area is 86.8 Å². The van der Waals surface area contributed by atoms with Crippen LogP contribution in [0.2, 0.25) is 0 Å². The minimum absolute atomic E-state index is 0.0112. The fourth-order valence-electron chi connectivity index (χ4n) is 0.807. The molecule has 3 heteroatoms. The quantitative estimate of drug-likeness (QED) is 0.643. The highest BCUT2D eigenvalue weighted by Gasteiger charge is 2.12. The van der Waals surface area contributed by atoms with Gasteiger partial charge in [-0.3, -0.25) is 4.79 Å². The van der Waals surface area contributed by atoms with Crippen molar-refractivity contribution in [2.45, 2.75) is 59.2 Å². The van der Waals surface area contributed by atoms with Crippen LogP contribution in [-0.4, -0.2) is 24.3 Å². The molecule has 0 amide bonds. The minimum Gasteiger partial charge on any atom is -0.463 e. The molecule has 0 bridgehead atoms. The van der Waals surface area contributed by atoms with Crippen molar-refractivity contribution < 1.29 is 14.3 Å². The van der Waals surface area contributed by atoms with Gasteiger partial charge in [0.15, 0.2) is 0 Å². The van der Waals surface area contributed by atoms with Crippen LogP contribution in [0.5, 0.6) is 0 Å². The zero-order valence-electron chi connectivity index (χ0n) is 9.92. The van der Waals surface area contributed by atoms with Gasteiger partial charge in [0.2, 0.25) is 0 Å². The van der Waals surface area contributed by atoms with Gasteiger partial charge in [-0.2, -0.15) is 0 Å². The van der Waals surface area contributed by atoms with Crippen molar-refractivity contribution in [1.29, 1.82) is 0 Å². The molecule has 1 atom stereocenters. The maximum atomic E-state index is 11.2. The van der Waals surface area contributed by atoms with Crippen LogP contribution < -0.4 is 0 Å². The van der Waals surface area contributed by atoms with E-state index in [1.54, 1.807) is 0 Å². The first-order chi connectivity index (χ1) is 6.35. The van der Waals surface area contributed by atoms with E-state index >= 15 is 0 Å². The lowest BCUT2D eigenvalue weighted by Gasteiger charge is -2.19. The summed E-state index contributed by atoms with van der Waals surface area (Å²) in [6.45, 7) is 10.2. The van der Waals surface area contributed by atoms with Gasteiger partial charge in [0, 0.05) is 0 Å². The third-order valence-corrected chi connectivity index (χ3v) is 1.75. The van der Waals surface area contributed by atoms with Gasteiger partial charge in [0.25, 0.3) is 0 Å². The van der Waals surface area contributed by atoms with E-state index in [0.29, 0.717) is 13.0 Å². The Balaban J connectivity index is 3.55. The molecule has 0 spiro atoms. The van der Waals surface area contributed by atoms with Gasteiger partial charge in [-0.05, 0) is 34.1 Å². The van der Waals surface area contributed by atoms with Crippen LogP contribution in [0.15, 0.2) is 0 Å². The fourth-order valence-corrected chi connectivity index (χ4v) is 0.807. The number of esters is 1. The number of carbonyl (C=O) groups is 1. The van der Waals surface area contributed by atoms with Crippen LogP contribution >= 0.6 is 0 Å². The lowest BCUT2D eigenvalue weighted by molar-refractivity contribution is -0.150. The van der Waals surface area contributed by atoms with Crippen molar-refractivity contribution >= 4 is 5.97 Å². The van der Waals surface area contributed by atoms with Crippen LogP contribution in [0.3, 0.4) is 0 Å². The number of hydrogen-bond donors (Lipinski definition) is 0. The highest BCUT2D eigenvalue weighted by atomic mass is 16.5. The van der Waals surface area contributed by atoms with Gasteiger partial charge < -0.3 is 9.47 Å². The SMILES string of the molecule is CCC(C)OC(=O)CCOC(C)(C)C. The van der Waals surface area contributed by atoms with Crippen LogP contribution in [0.1, 0.15) is 47.5 Å². The monoisotopic (exact) mass is 202 g/mol. The first-order valence-electron chi connectivity index (χ1n) is 5.18. The molecular formula is C11H22O3. The van der Waals surface area contributed by atoms with Crippen molar-refractivity contribution in [3.63, 3.8) is 0 Å². The molecule has 14 heavy (non-hydrogen) atoms. The molecular weight excluding hydrogens is 180 g/mol. The Morgan fingerprint density at radius 3 is 2.36 bits per heavy atom. The second-order valence-corrected chi connectivity index (χ2v) is 4.42. The number of hydrogen-bond acceptors (Lipinski definition) is 3. The van der Waals surface area contributed by atoms with Crippen molar-refractivity contribution in [3.05, 3.63) is 0 Å². The van der Waals surface area contributed by atoms with E-state index in [0.717, 1.165) is 6.42 Å². The van der Waals surface area contributed by atoms with Gasteiger partial charge in [0.05, 0.1) is 24.7 Å². The smallest absolute Gasteiger partial charge is 0.308 e. The molecule has 0 N–H and O–H groups in total.